The lowest BCUT2D eigenvalue weighted by molar-refractivity contribution is 0.472. The molecule has 0 heterocycles. The van der Waals surface area contributed by atoms with Gasteiger partial charge in [-0.15, -0.1) is 0 Å². The van der Waals surface area contributed by atoms with Crippen LogP contribution in [-0.4, -0.2) is 0 Å². The molecular weight excluding hydrogens is 314 g/mol. The molecule has 4 heteroatoms. The second-order valence-electron chi connectivity index (χ2n) is 4.03. The number of hydrogen-bond donors (Lipinski definition) is 1. The van der Waals surface area contributed by atoms with Crippen molar-refractivity contribution in [1.82, 2.24) is 0 Å². The van der Waals surface area contributed by atoms with Gasteiger partial charge in [-0.3, -0.25) is 0 Å². The van der Waals surface area contributed by atoms with E-state index in [1.807, 2.05) is 37.3 Å². The predicted molar refractivity (Wildman–Crippen MR) is 78.3 cm³/mol. The number of benzene rings is 2. The van der Waals surface area contributed by atoms with Crippen LogP contribution in [0.5, 0.6) is 11.5 Å². The lowest BCUT2D eigenvalue weighted by Gasteiger charge is -2.14. The van der Waals surface area contributed by atoms with Crippen LogP contribution in [0.25, 0.3) is 0 Å². The van der Waals surface area contributed by atoms with E-state index >= 15 is 0 Å². The third-order valence-electron chi connectivity index (χ3n) is 2.51. The van der Waals surface area contributed by atoms with Gasteiger partial charge in [0, 0.05) is 21.1 Å². The molecule has 0 saturated heterocycles. The van der Waals surface area contributed by atoms with E-state index in [4.69, 9.17) is 22.1 Å². The summed E-state index contributed by atoms with van der Waals surface area (Å²) in [6.45, 7) is 1.93. The van der Waals surface area contributed by atoms with Gasteiger partial charge in [0.1, 0.15) is 11.5 Å². The first-order chi connectivity index (χ1) is 8.56. The summed E-state index contributed by atoms with van der Waals surface area (Å²) in [4.78, 5) is 0. The molecule has 0 aliphatic rings. The van der Waals surface area contributed by atoms with Crippen molar-refractivity contribution < 1.29 is 4.74 Å². The largest absolute Gasteiger partial charge is 0.457 e. The highest BCUT2D eigenvalue weighted by Gasteiger charge is 2.09. The van der Waals surface area contributed by atoms with Crippen molar-refractivity contribution in [3.05, 3.63) is 57.5 Å². The van der Waals surface area contributed by atoms with Crippen LogP contribution in [0.2, 0.25) is 5.02 Å². The van der Waals surface area contributed by atoms with Gasteiger partial charge in [-0.2, -0.15) is 0 Å². The molecule has 0 aliphatic heterocycles. The fraction of sp³-hybridized carbons (Fsp3) is 0.143. The first-order valence-corrected chi connectivity index (χ1v) is 6.72. The zero-order valence-corrected chi connectivity index (χ0v) is 12.2. The molecule has 0 radical (unpaired) electrons. The summed E-state index contributed by atoms with van der Waals surface area (Å²) in [5, 5.41) is 0.684. The average molecular weight is 327 g/mol. The van der Waals surface area contributed by atoms with Gasteiger partial charge in [0.2, 0.25) is 0 Å². The molecule has 2 nitrogen and oxygen atoms in total. The van der Waals surface area contributed by atoms with Crippen molar-refractivity contribution in [2.45, 2.75) is 13.0 Å². The molecule has 94 valence electrons. The molecule has 0 saturated carbocycles. The number of rotatable bonds is 3. The minimum Gasteiger partial charge on any atom is -0.457 e. The fourth-order valence-electron chi connectivity index (χ4n) is 1.60. The fourth-order valence-corrected chi connectivity index (χ4v) is 2.07. The topological polar surface area (TPSA) is 35.2 Å². The molecule has 1 atom stereocenters. The molecule has 2 aromatic carbocycles. The van der Waals surface area contributed by atoms with Crippen molar-refractivity contribution in [3.8, 4) is 11.5 Å². The average Bonchev–Trinajstić information content (AvgIpc) is 2.32. The molecule has 0 spiro atoms. The highest BCUT2D eigenvalue weighted by Crippen LogP contribution is 2.31. The Kier molecular flexibility index (Phi) is 4.27. The van der Waals surface area contributed by atoms with Crippen molar-refractivity contribution in [2.75, 3.05) is 0 Å². The van der Waals surface area contributed by atoms with Crippen LogP contribution < -0.4 is 10.5 Å². The van der Waals surface area contributed by atoms with E-state index in [0.717, 1.165) is 21.5 Å². The van der Waals surface area contributed by atoms with Crippen molar-refractivity contribution in [3.63, 3.8) is 0 Å². The van der Waals surface area contributed by atoms with Gasteiger partial charge in [-0.1, -0.05) is 33.6 Å². The number of halogens is 2. The van der Waals surface area contributed by atoms with E-state index in [9.17, 15) is 0 Å². The number of hydrogen-bond acceptors (Lipinski definition) is 2. The summed E-state index contributed by atoms with van der Waals surface area (Å²) >= 11 is 9.27. The Morgan fingerprint density at radius 3 is 2.44 bits per heavy atom. The van der Waals surface area contributed by atoms with Crippen LogP contribution in [0, 0.1) is 0 Å². The van der Waals surface area contributed by atoms with Gasteiger partial charge in [-0.25, -0.2) is 0 Å². The van der Waals surface area contributed by atoms with E-state index in [2.05, 4.69) is 15.9 Å². The van der Waals surface area contributed by atoms with E-state index in [0.29, 0.717) is 5.02 Å². The molecule has 2 rings (SSSR count). The van der Waals surface area contributed by atoms with Crippen LogP contribution in [0.4, 0.5) is 0 Å². The van der Waals surface area contributed by atoms with Crippen molar-refractivity contribution in [2.24, 2.45) is 5.73 Å². The summed E-state index contributed by atoms with van der Waals surface area (Å²) in [5.74, 6) is 1.49. The van der Waals surface area contributed by atoms with Gasteiger partial charge in [0.25, 0.3) is 0 Å². The Morgan fingerprint density at radius 2 is 1.83 bits per heavy atom. The SMILES string of the molecule is CC(N)c1ccc(Br)cc1Oc1ccc(Cl)cc1. The molecule has 0 fully saturated rings. The third-order valence-corrected chi connectivity index (χ3v) is 3.25. The summed E-state index contributed by atoms with van der Waals surface area (Å²) in [6, 6.07) is 13.0. The highest BCUT2D eigenvalue weighted by atomic mass is 79.9. The smallest absolute Gasteiger partial charge is 0.133 e. The molecule has 0 aromatic heterocycles. The van der Waals surface area contributed by atoms with Crippen LogP contribution in [0.1, 0.15) is 18.5 Å². The van der Waals surface area contributed by atoms with Gasteiger partial charge in [0.15, 0.2) is 0 Å². The van der Waals surface area contributed by atoms with Crippen LogP contribution >= 0.6 is 27.5 Å². The van der Waals surface area contributed by atoms with E-state index in [-0.39, 0.29) is 6.04 Å². The lowest BCUT2D eigenvalue weighted by Crippen LogP contribution is -2.06. The molecule has 0 amide bonds. The lowest BCUT2D eigenvalue weighted by atomic mass is 10.1. The maximum atomic E-state index is 5.93. The first-order valence-electron chi connectivity index (χ1n) is 5.54. The Bertz CT molecular complexity index is 540. The molecule has 0 aliphatic carbocycles. The van der Waals surface area contributed by atoms with E-state index in [1.165, 1.54) is 0 Å². The molecule has 0 bridgehead atoms. The van der Waals surface area contributed by atoms with Gasteiger partial charge in [0.05, 0.1) is 0 Å². The summed E-state index contributed by atoms with van der Waals surface area (Å²) in [5.41, 5.74) is 6.89. The maximum Gasteiger partial charge on any atom is 0.133 e. The molecule has 2 aromatic rings. The molecule has 1 unspecified atom stereocenters. The molecule has 18 heavy (non-hydrogen) atoms. The number of nitrogens with two attached hydrogens (primary N) is 1. The van der Waals surface area contributed by atoms with Gasteiger partial charge in [-0.05, 0) is 43.3 Å². The van der Waals surface area contributed by atoms with Crippen molar-refractivity contribution in [1.29, 1.82) is 0 Å². The minimum absolute atomic E-state index is 0.0830. The van der Waals surface area contributed by atoms with Gasteiger partial charge >= 0.3 is 0 Å². The molecular formula is C14H13BrClNO. The minimum atomic E-state index is -0.0830. The van der Waals surface area contributed by atoms with E-state index < -0.39 is 0 Å². The van der Waals surface area contributed by atoms with Gasteiger partial charge < -0.3 is 10.5 Å². The zero-order valence-electron chi connectivity index (χ0n) is 9.86. The van der Waals surface area contributed by atoms with Crippen molar-refractivity contribution >= 4 is 27.5 Å². The zero-order chi connectivity index (χ0) is 13.1. The Hall–Kier alpha value is -1.03. The summed E-state index contributed by atoms with van der Waals surface area (Å²) < 4.78 is 6.79. The third kappa shape index (κ3) is 3.25. The van der Waals surface area contributed by atoms with E-state index in [1.54, 1.807) is 12.1 Å². The number of ether oxygens (including phenoxy) is 1. The van der Waals surface area contributed by atoms with Crippen LogP contribution in [0.3, 0.4) is 0 Å². The normalized spacial score (nSPS) is 12.2. The molecule has 2 N–H and O–H groups in total. The quantitative estimate of drug-likeness (QED) is 0.869. The first kappa shape index (κ1) is 13.4. The summed E-state index contributed by atoms with van der Waals surface area (Å²) in [7, 11) is 0. The second kappa shape index (κ2) is 5.74. The Balaban J connectivity index is 2.32. The highest BCUT2D eigenvalue weighted by molar-refractivity contribution is 9.10. The van der Waals surface area contributed by atoms with Crippen LogP contribution in [-0.2, 0) is 0 Å². The standard InChI is InChI=1S/C14H13BrClNO/c1-9(17)13-7-2-10(15)8-14(13)18-12-5-3-11(16)4-6-12/h2-9H,17H2,1H3. The summed E-state index contributed by atoms with van der Waals surface area (Å²) in [6.07, 6.45) is 0. The Labute approximate surface area is 120 Å². The maximum absolute atomic E-state index is 5.93. The monoisotopic (exact) mass is 325 g/mol. The predicted octanol–water partition coefficient (Wildman–Crippen LogP) is 4.91. The second-order valence-corrected chi connectivity index (χ2v) is 5.38. The Morgan fingerprint density at radius 1 is 1.17 bits per heavy atom. The van der Waals surface area contributed by atoms with Crippen LogP contribution in [0.15, 0.2) is 46.9 Å².